The molecule has 0 aliphatic carbocycles. The Morgan fingerprint density at radius 3 is 2.68 bits per heavy atom. The van der Waals surface area contributed by atoms with Crippen LogP contribution >= 0.6 is 0 Å². The van der Waals surface area contributed by atoms with Gasteiger partial charge in [0, 0.05) is 12.1 Å². The van der Waals surface area contributed by atoms with E-state index in [1.807, 2.05) is 0 Å². The minimum absolute atomic E-state index is 0.115. The van der Waals surface area contributed by atoms with Crippen molar-refractivity contribution in [3.05, 3.63) is 23.8 Å². The van der Waals surface area contributed by atoms with Crippen LogP contribution < -0.4 is 20.1 Å². The van der Waals surface area contributed by atoms with Crippen LogP contribution in [0.2, 0.25) is 0 Å². The van der Waals surface area contributed by atoms with Gasteiger partial charge < -0.3 is 25.2 Å². The van der Waals surface area contributed by atoms with Crippen LogP contribution in [0.1, 0.15) is 11.7 Å². The summed E-state index contributed by atoms with van der Waals surface area (Å²) in [6.07, 6.45) is -0.856. The molecule has 0 spiro atoms. The molecule has 106 valence electrons. The summed E-state index contributed by atoms with van der Waals surface area (Å²) in [7, 11) is 4.76. The zero-order valence-corrected chi connectivity index (χ0v) is 11.4. The number of nitrogens with one attached hydrogen (secondary N) is 2. The third kappa shape index (κ3) is 4.42. The second-order valence-corrected chi connectivity index (χ2v) is 3.96. The van der Waals surface area contributed by atoms with Gasteiger partial charge in [0.1, 0.15) is 11.5 Å². The minimum Gasteiger partial charge on any atom is -0.497 e. The monoisotopic (exact) mass is 268 g/mol. The van der Waals surface area contributed by atoms with Gasteiger partial charge in [-0.25, -0.2) is 0 Å². The fraction of sp³-hybridized carbons (Fsp3) is 0.462. The normalized spacial score (nSPS) is 11.8. The lowest BCUT2D eigenvalue weighted by molar-refractivity contribution is -0.120. The lowest BCUT2D eigenvalue weighted by Crippen LogP contribution is -2.34. The molecule has 1 aromatic rings. The molecule has 6 heteroatoms. The Morgan fingerprint density at radius 1 is 1.37 bits per heavy atom. The number of ether oxygens (including phenoxy) is 2. The summed E-state index contributed by atoms with van der Waals surface area (Å²) in [5, 5.41) is 15.5. The first-order chi connectivity index (χ1) is 9.12. The Balaban J connectivity index is 2.74. The van der Waals surface area contributed by atoms with E-state index >= 15 is 0 Å². The van der Waals surface area contributed by atoms with Gasteiger partial charge in [0.05, 0.1) is 26.9 Å². The highest BCUT2D eigenvalue weighted by molar-refractivity contribution is 5.77. The van der Waals surface area contributed by atoms with Crippen LogP contribution in [-0.2, 0) is 4.79 Å². The molecule has 0 radical (unpaired) electrons. The van der Waals surface area contributed by atoms with Gasteiger partial charge in [0.15, 0.2) is 0 Å². The fourth-order valence-corrected chi connectivity index (χ4v) is 1.64. The SMILES string of the molecule is CNCC(=O)NCC(O)c1cc(OC)ccc1OC. The molecule has 0 saturated heterocycles. The molecule has 0 fully saturated rings. The molecule has 1 aromatic carbocycles. The van der Waals surface area contributed by atoms with Crippen LogP contribution in [0.3, 0.4) is 0 Å². The highest BCUT2D eigenvalue weighted by Crippen LogP contribution is 2.28. The van der Waals surface area contributed by atoms with Gasteiger partial charge in [-0.15, -0.1) is 0 Å². The van der Waals surface area contributed by atoms with Crippen LogP contribution in [0.25, 0.3) is 0 Å². The Labute approximate surface area is 112 Å². The minimum atomic E-state index is -0.856. The fourth-order valence-electron chi connectivity index (χ4n) is 1.64. The number of amides is 1. The number of hydrogen-bond acceptors (Lipinski definition) is 5. The average Bonchev–Trinajstić information content (AvgIpc) is 2.44. The van der Waals surface area contributed by atoms with Crippen LogP contribution in [0.15, 0.2) is 18.2 Å². The van der Waals surface area contributed by atoms with E-state index in [4.69, 9.17) is 9.47 Å². The third-order valence-electron chi connectivity index (χ3n) is 2.63. The lowest BCUT2D eigenvalue weighted by atomic mass is 10.1. The molecule has 0 saturated carbocycles. The zero-order chi connectivity index (χ0) is 14.3. The van der Waals surface area contributed by atoms with E-state index in [9.17, 15) is 9.90 Å². The first kappa shape index (κ1) is 15.3. The van der Waals surface area contributed by atoms with Crippen molar-refractivity contribution in [2.24, 2.45) is 0 Å². The zero-order valence-electron chi connectivity index (χ0n) is 11.4. The number of likely N-dealkylation sites (N-methyl/N-ethyl adjacent to an activating group) is 1. The first-order valence-corrected chi connectivity index (χ1v) is 5.93. The largest absolute Gasteiger partial charge is 0.497 e. The van der Waals surface area contributed by atoms with E-state index in [2.05, 4.69) is 10.6 Å². The second-order valence-electron chi connectivity index (χ2n) is 3.96. The number of aliphatic hydroxyl groups excluding tert-OH is 1. The Hall–Kier alpha value is -1.79. The number of hydrogen-bond donors (Lipinski definition) is 3. The van der Waals surface area contributed by atoms with E-state index in [1.165, 1.54) is 7.11 Å². The van der Waals surface area contributed by atoms with Gasteiger partial charge in [-0.1, -0.05) is 0 Å². The number of benzene rings is 1. The molecule has 0 aliphatic heterocycles. The third-order valence-corrected chi connectivity index (χ3v) is 2.63. The van der Waals surface area contributed by atoms with Gasteiger partial charge >= 0.3 is 0 Å². The molecular formula is C13H20N2O4. The van der Waals surface area contributed by atoms with Crippen molar-refractivity contribution >= 4 is 5.91 Å². The molecule has 1 amide bonds. The van der Waals surface area contributed by atoms with Crippen LogP contribution in [0.5, 0.6) is 11.5 Å². The smallest absolute Gasteiger partial charge is 0.234 e. The van der Waals surface area contributed by atoms with E-state index in [-0.39, 0.29) is 19.0 Å². The Morgan fingerprint density at radius 2 is 2.11 bits per heavy atom. The average molecular weight is 268 g/mol. The molecular weight excluding hydrogens is 248 g/mol. The van der Waals surface area contributed by atoms with Gasteiger partial charge in [0.2, 0.25) is 5.91 Å². The summed E-state index contributed by atoms with van der Waals surface area (Å²) in [6, 6.07) is 5.15. The Kier molecular flexibility index (Phi) is 6.11. The lowest BCUT2D eigenvalue weighted by Gasteiger charge is -2.16. The van der Waals surface area contributed by atoms with Crippen molar-refractivity contribution in [3.8, 4) is 11.5 Å². The summed E-state index contributed by atoms with van der Waals surface area (Å²) < 4.78 is 10.3. The van der Waals surface area contributed by atoms with Crippen molar-refractivity contribution in [2.75, 3.05) is 34.4 Å². The quantitative estimate of drug-likeness (QED) is 0.652. The van der Waals surface area contributed by atoms with Crippen molar-refractivity contribution in [3.63, 3.8) is 0 Å². The van der Waals surface area contributed by atoms with E-state index < -0.39 is 6.10 Å². The van der Waals surface area contributed by atoms with E-state index in [0.717, 1.165) is 0 Å². The number of carbonyl (C=O) groups is 1. The molecule has 0 aliphatic rings. The highest BCUT2D eigenvalue weighted by Gasteiger charge is 2.15. The van der Waals surface area contributed by atoms with Crippen LogP contribution in [-0.4, -0.2) is 45.4 Å². The summed E-state index contributed by atoms with van der Waals surface area (Å²) >= 11 is 0. The van der Waals surface area contributed by atoms with E-state index in [1.54, 1.807) is 32.4 Å². The number of carbonyl (C=O) groups excluding carboxylic acids is 1. The predicted octanol–water partition coefficient (Wildman–Crippen LogP) is 0.0728. The molecule has 0 heterocycles. The maximum atomic E-state index is 11.3. The van der Waals surface area contributed by atoms with Crippen molar-refractivity contribution in [1.29, 1.82) is 0 Å². The van der Waals surface area contributed by atoms with Crippen molar-refractivity contribution in [2.45, 2.75) is 6.10 Å². The highest BCUT2D eigenvalue weighted by atomic mass is 16.5. The topological polar surface area (TPSA) is 79.8 Å². The van der Waals surface area contributed by atoms with Gasteiger partial charge in [-0.2, -0.15) is 0 Å². The van der Waals surface area contributed by atoms with Gasteiger partial charge in [0.25, 0.3) is 0 Å². The van der Waals surface area contributed by atoms with Crippen molar-refractivity contribution < 1.29 is 19.4 Å². The molecule has 19 heavy (non-hydrogen) atoms. The molecule has 6 nitrogen and oxygen atoms in total. The molecule has 0 aromatic heterocycles. The van der Waals surface area contributed by atoms with Gasteiger partial charge in [-0.05, 0) is 25.2 Å². The summed E-state index contributed by atoms with van der Waals surface area (Å²) in [5.41, 5.74) is 0.576. The Bertz CT molecular complexity index is 423. The second kappa shape index (κ2) is 7.60. The van der Waals surface area contributed by atoms with E-state index in [0.29, 0.717) is 17.1 Å². The predicted molar refractivity (Wildman–Crippen MR) is 71.4 cm³/mol. The molecule has 1 atom stereocenters. The van der Waals surface area contributed by atoms with Gasteiger partial charge in [-0.3, -0.25) is 4.79 Å². The molecule has 3 N–H and O–H groups in total. The molecule has 1 unspecified atom stereocenters. The summed E-state index contributed by atoms with van der Waals surface area (Å²) in [4.78, 5) is 11.3. The maximum Gasteiger partial charge on any atom is 0.234 e. The summed E-state index contributed by atoms with van der Waals surface area (Å²) in [6.45, 7) is 0.325. The van der Waals surface area contributed by atoms with Crippen molar-refractivity contribution in [1.82, 2.24) is 10.6 Å². The maximum absolute atomic E-state index is 11.3. The van der Waals surface area contributed by atoms with Crippen LogP contribution in [0, 0.1) is 0 Å². The number of rotatable bonds is 7. The number of aliphatic hydroxyl groups is 1. The standard InChI is InChI=1S/C13H20N2O4/c1-14-8-13(17)15-7-11(16)10-6-9(18-2)4-5-12(10)19-3/h4-6,11,14,16H,7-8H2,1-3H3,(H,15,17). The summed E-state index contributed by atoms with van der Waals surface area (Å²) in [5.74, 6) is 0.996. The molecule has 0 bridgehead atoms. The number of methoxy groups -OCH3 is 2. The first-order valence-electron chi connectivity index (χ1n) is 5.93. The molecule has 1 rings (SSSR count). The van der Waals surface area contributed by atoms with Crippen LogP contribution in [0.4, 0.5) is 0 Å².